The SMILES string of the molecule is CC(CC(=O)C=O)C(=O)OC1(C)C2CC3CC(C2)CC1C3. The van der Waals surface area contributed by atoms with Crippen LogP contribution in [0.1, 0.15) is 52.4 Å². The maximum absolute atomic E-state index is 12.3. The summed E-state index contributed by atoms with van der Waals surface area (Å²) in [6.07, 6.45) is 6.32. The zero-order chi connectivity index (χ0) is 15.2. The highest BCUT2D eigenvalue weighted by atomic mass is 16.6. The molecule has 1 unspecified atom stereocenters. The van der Waals surface area contributed by atoms with E-state index in [1.54, 1.807) is 6.92 Å². The Morgan fingerprint density at radius 2 is 1.67 bits per heavy atom. The number of rotatable bonds is 5. The van der Waals surface area contributed by atoms with Crippen molar-refractivity contribution in [1.29, 1.82) is 0 Å². The van der Waals surface area contributed by atoms with Gasteiger partial charge in [0.25, 0.3) is 0 Å². The molecule has 4 fully saturated rings. The van der Waals surface area contributed by atoms with Crippen LogP contribution in [0, 0.1) is 29.6 Å². The second kappa shape index (κ2) is 5.22. The highest BCUT2D eigenvalue weighted by Crippen LogP contribution is 2.59. The summed E-state index contributed by atoms with van der Waals surface area (Å²) in [6.45, 7) is 3.76. The Morgan fingerprint density at radius 1 is 1.14 bits per heavy atom. The molecule has 21 heavy (non-hydrogen) atoms. The van der Waals surface area contributed by atoms with Crippen molar-refractivity contribution in [2.75, 3.05) is 0 Å². The molecule has 4 saturated carbocycles. The summed E-state index contributed by atoms with van der Waals surface area (Å²) in [5.41, 5.74) is -0.358. The fraction of sp³-hybridized carbons (Fsp3) is 0.824. The van der Waals surface area contributed by atoms with Crippen molar-refractivity contribution in [1.82, 2.24) is 0 Å². The summed E-state index contributed by atoms with van der Waals surface area (Å²) in [4.78, 5) is 33.9. The molecule has 0 amide bonds. The van der Waals surface area contributed by atoms with E-state index in [0.717, 1.165) is 11.8 Å². The number of carbonyl (C=O) groups is 3. The van der Waals surface area contributed by atoms with Gasteiger partial charge in [-0.2, -0.15) is 0 Å². The van der Waals surface area contributed by atoms with E-state index in [9.17, 15) is 14.4 Å². The summed E-state index contributed by atoms with van der Waals surface area (Å²) < 4.78 is 5.91. The van der Waals surface area contributed by atoms with E-state index in [4.69, 9.17) is 4.74 Å². The largest absolute Gasteiger partial charge is 0.459 e. The molecule has 0 aliphatic heterocycles. The van der Waals surface area contributed by atoms with E-state index in [2.05, 4.69) is 6.92 Å². The van der Waals surface area contributed by atoms with Crippen LogP contribution < -0.4 is 0 Å². The number of hydrogen-bond donors (Lipinski definition) is 0. The molecule has 0 aromatic heterocycles. The maximum Gasteiger partial charge on any atom is 0.309 e. The summed E-state index contributed by atoms with van der Waals surface area (Å²) in [5.74, 6) is 1.23. The minimum absolute atomic E-state index is 0.0427. The third kappa shape index (κ3) is 2.53. The van der Waals surface area contributed by atoms with Crippen molar-refractivity contribution in [3.8, 4) is 0 Å². The Labute approximate surface area is 125 Å². The van der Waals surface area contributed by atoms with Gasteiger partial charge in [0.1, 0.15) is 5.60 Å². The first-order valence-corrected chi connectivity index (χ1v) is 8.13. The van der Waals surface area contributed by atoms with Gasteiger partial charge in [-0.3, -0.25) is 14.4 Å². The minimum Gasteiger partial charge on any atom is -0.459 e. The Balaban J connectivity index is 1.67. The maximum atomic E-state index is 12.3. The molecule has 0 N–H and O–H groups in total. The average molecular weight is 292 g/mol. The lowest BCUT2D eigenvalue weighted by Gasteiger charge is -2.59. The van der Waals surface area contributed by atoms with Crippen LogP contribution in [0.5, 0.6) is 0 Å². The van der Waals surface area contributed by atoms with Gasteiger partial charge in [0.2, 0.25) is 0 Å². The van der Waals surface area contributed by atoms with Gasteiger partial charge in [0.15, 0.2) is 12.1 Å². The van der Waals surface area contributed by atoms with Crippen LogP contribution in [0.4, 0.5) is 0 Å². The van der Waals surface area contributed by atoms with Crippen molar-refractivity contribution >= 4 is 18.0 Å². The molecule has 0 spiro atoms. The first-order valence-electron chi connectivity index (χ1n) is 8.13. The third-order valence-electron chi connectivity index (χ3n) is 6.12. The molecule has 0 aromatic rings. The van der Waals surface area contributed by atoms with E-state index in [-0.39, 0.29) is 24.3 Å². The molecular weight excluding hydrogens is 268 g/mol. The van der Waals surface area contributed by atoms with Gasteiger partial charge < -0.3 is 4.74 Å². The lowest BCUT2D eigenvalue weighted by atomic mass is 9.50. The number of Topliss-reactive ketones (excluding diaryl/α,β-unsaturated/α-hetero) is 1. The van der Waals surface area contributed by atoms with Crippen LogP contribution in [-0.4, -0.2) is 23.6 Å². The number of carbonyl (C=O) groups excluding carboxylic acids is 3. The van der Waals surface area contributed by atoms with Gasteiger partial charge in [0.05, 0.1) is 5.92 Å². The Kier molecular flexibility index (Phi) is 3.66. The highest BCUT2D eigenvalue weighted by Gasteiger charge is 2.57. The summed E-state index contributed by atoms with van der Waals surface area (Å²) in [5, 5.41) is 0. The van der Waals surface area contributed by atoms with Gasteiger partial charge >= 0.3 is 5.97 Å². The number of esters is 1. The molecule has 4 aliphatic rings. The standard InChI is InChI=1S/C17H24O4/c1-10(3-15(19)9-18)16(20)21-17(2)13-5-11-4-12(7-13)8-14(17)6-11/h9-14H,3-8H2,1-2H3. The lowest BCUT2D eigenvalue weighted by molar-refractivity contribution is -0.206. The second-order valence-corrected chi connectivity index (χ2v) is 7.60. The molecule has 0 saturated heterocycles. The van der Waals surface area contributed by atoms with Crippen molar-refractivity contribution in [2.24, 2.45) is 29.6 Å². The molecule has 4 rings (SSSR count). The monoisotopic (exact) mass is 292 g/mol. The van der Waals surface area contributed by atoms with Gasteiger partial charge in [-0.15, -0.1) is 0 Å². The zero-order valence-corrected chi connectivity index (χ0v) is 12.8. The van der Waals surface area contributed by atoms with Gasteiger partial charge in [-0.05, 0) is 62.7 Å². The molecule has 4 aliphatic carbocycles. The molecule has 0 radical (unpaired) electrons. The van der Waals surface area contributed by atoms with Crippen molar-refractivity contribution in [3.63, 3.8) is 0 Å². The predicted octanol–water partition coefficient (Wildman–Crippen LogP) is 2.54. The molecule has 0 aromatic carbocycles. The van der Waals surface area contributed by atoms with Gasteiger partial charge in [0, 0.05) is 6.42 Å². The molecule has 4 nitrogen and oxygen atoms in total. The van der Waals surface area contributed by atoms with E-state index < -0.39 is 11.7 Å². The van der Waals surface area contributed by atoms with Gasteiger partial charge in [-0.1, -0.05) is 6.92 Å². The smallest absolute Gasteiger partial charge is 0.309 e. The third-order valence-corrected chi connectivity index (χ3v) is 6.12. The summed E-state index contributed by atoms with van der Waals surface area (Å²) in [6, 6.07) is 0. The molecule has 4 bridgehead atoms. The van der Waals surface area contributed by atoms with E-state index in [1.807, 2.05) is 0 Å². The predicted molar refractivity (Wildman–Crippen MR) is 76.4 cm³/mol. The van der Waals surface area contributed by atoms with Gasteiger partial charge in [-0.25, -0.2) is 0 Å². The zero-order valence-electron chi connectivity index (χ0n) is 12.8. The van der Waals surface area contributed by atoms with Crippen molar-refractivity contribution in [3.05, 3.63) is 0 Å². The van der Waals surface area contributed by atoms with E-state index >= 15 is 0 Å². The van der Waals surface area contributed by atoms with Crippen LogP contribution in [-0.2, 0) is 19.1 Å². The van der Waals surface area contributed by atoms with Crippen LogP contribution in [0.3, 0.4) is 0 Å². The number of hydrogen-bond acceptors (Lipinski definition) is 4. The Hall–Kier alpha value is -1.19. The molecule has 4 heteroatoms. The fourth-order valence-corrected chi connectivity index (χ4v) is 5.04. The van der Waals surface area contributed by atoms with Crippen molar-refractivity contribution < 1.29 is 19.1 Å². The van der Waals surface area contributed by atoms with Crippen LogP contribution in [0.25, 0.3) is 0 Å². The normalized spacial score (nSPS) is 41.6. The lowest BCUT2D eigenvalue weighted by Crippen LogP contribution is -2.58. The number of ether oxygens (including phenoxy) is 1. The van der Waals surface area contributed by atoms with Crippen LogP contribution >= 0.6 is 0 Å². The quantitative estimate of drug-likeness (QED) is 0.444. The van der Waals surface area contributed by atoms with E-state index in [1.165, 1.54) is 32.1 Å². The van der Waals surface area contributed by atoms with Crippen molar-refractivity contribution in [2.45, 2.75) is 58.0 Å². The topological polar surface area (TPSA) is 60.4 Å². The van der Waals surface area contributed by atoms with Crippen LogP contribution in [0.15, 0.2) is 0 Å². The highest BCUT2D eigenvalue weighted by molar-refractivity contribution is 6.25. The number of ketones is 1. The molecular formula is C17H24O4. The first-order chi connectivity index (χ1) is 9.92. The summed E-state index contributed by atoms with van der Waals surface area (Å²) >= 11 is 0. The molecule has 116 valence electrons. The number of aldehydes is 1. The first kappa shape index (κ1) is 14.7. The molecule has 0 heterocycles. The Bertz CT molecular complexity index is 439. The fourth-order valence-electron chi connectivity index (χ4n) is 5.04. The Morgan fingerprint density at radius 3 is 2.14 bits per heavy atom. The second-order valence-electron chi connectivity index (χ2n) is 7.60. The minimum atomic E-state index is -0.533. The van der Waals surface area contributed by atoms with E-state index in [0.29, 0.717) is 11.8 Å². The van der Waals surface area contributed by atoms with Crippen LogP contribution in [0.2, 0.25) is 0 Å². The summed E-state index contributed by atoms with van der Waals surface area (Å²) in [7, 11) is 0. The average Bonchev–Trinajstić information content (AvgIpc) is 2.44. The molecule has 1 atom stereocenters.